The molecule has 0 N–H and O–H groups in total. The van der Waals surface area contributed by atoms with Gasteiger partial charge in [-0.15, -0.1) is 0 Å². The van der Waals surface area contributed by atoms with Gasteiger partial charge in [-0.05, 0) is 46.0 Å². The molecule has 0 aliphatic rings. The van der Waals surface area contributed by atoms with Crippen molar-refractivity contribution in [2.24, 2.45) is 0 Å². The Bertz CT molecular complexity index is 265. The molecule has 0 bridgehead atoms. The smallest absolute Gasteiger partial charge is 0.157 e. The molecule has 0 amide bonds. The number of hydrogen-bond donors (Lipinski definition) is 0. The molecule has 0 atom stereocenters. The van der Waals surface area contributed by atoms with E-state index in [1.54, 1.807) is 0 Å². The van der Waals surface area contributed by atoms with Crippen LogP contribution in [-0.2, 0) is 9.47 Å². The minimum atomic E-state index is 0.0187. The van der Waals surface area contributed by atoms with Gasteiger partial charge in [0.25, 0.3) is 0 Å². The molecule has 2 heteroatoms. The summed E-state index contributed by atoms with van der Waals surface area (Å²) in [6.45, 7) is 7.72. The quantitative estimate of drug-likeness (QED) is 0.166. The van der Waals surface area contributed by atoms with E-state index in [4.69, 9.17) is 9.47 Å². The summed E-state index contributed by atoms with van der Waals surface area (Å²) >= 11 is 0. The highest BCUT2D eigenvalue weighted by Crippen LogP contribution is 2.13. The summed E-state index contributed by atoms with van der Waals surface area (Å²) in [6.07, 6.45) is 23.0. The van der Waals surface area contributed by atoms with E-state index < -0.39 is 0 Å². The summed E-state index contributed by atoms with van der Waals surface area (Å²) in [7, 11) is 0. The first kappa shape index (κ1) is 22.4. The molecule has 0 fully saturated rings. The second kappa shape index (κ2) is 19.4. The normalized spacial score (nSPS) is 12.2. The first-order valence-corrected chi connectivity index (χ1v) is 9.89. The fraction of sp³-hybridized carbons (Fsp3) is 0.810. The summed E-state index contributed by atoms with van der Waals surface area (Å²) < 4.78 is 11.1. The van der Waals surface area contributed by atoms with Crippen LogP contribution in [0.3, 0.4) is 0 Å². The Hall–Kier alpha value is -0.600. The first-order chi connectivity index (χ1) is 11.3. The molecular formula is C21H40O2. The lowest BCUT2D eigenvalue weighted by Crippen LogP contribution is -2.17. The maximum absolute atomic E-state index is 5.56. The molecule has 0 aromatic carbocycles. The van der Waals surface area contributed by atoms with E-state index in [1.165, 1.54) is 57.8 Å². The molecule has 136 valence electrons. The average molecular weight is 325 g/mol. The van der Waals surface area contributed by atoms with Gasteiger partial charge in [-0.1, -0.05) is 69.8 Å². The summed E-state index contributed by atoms with van der Waals surface area (Å²) in [6, 6.07) is 0. The Morgan fingerprint density at radius 3 is 1.74 bits per heavy atom. The van der Waals surface area contributed by atoms with Gasteiger partial charge in [-0.2, -0.15) is 0 Å². The molecule has 0 aromatic rings. The van der Waals surface area contributed by atoms with E-state index in [-0.39, 0.29) is 6.29 Å². The van der Waals surface area contributed by atoms with Crippen molar-refractivity contribution >= 4 is 0 Å². The van der Waals surface area contributed by atoms with E-state index in [9.17, 15) is 0 Å². The van der Waals surface area contributed by atoms with E-state index in [0.29, 0.717) is 0 Å². The maximum Gasteiger partial charge on any atom is 0.157 e. The highest BCUT2D eigenvalue weighted by atomic mass is 16.7. The highest BCUT2D eigenvalue weighted by molar-refractivity contribution is 5.01. The third-order valence-corrected chi connectivity index (χ3v) is 3.88. The van der Waals surface area contributed by atoms with Crippen LogP contribution in [0.5, 0.6) is 0 Å². The van der Waals surface area contributed by atoms with Crippen molar-refractivity contribution in [3.8, 4) is 0 Å². The molecule has 0 aliphatic heterocycles. The number of unbranched alkanes of at least 4 members (excludes halogenated alkanes) is 8. The molecule has 0 aromatic heterocycles. The van der Waals surface area contributed by atoms with Crippen LogP contribution in [-0.4, -0.2) is 19.5 Å². The Morgan fingerprint density at radius 2 is 1.17 bits per heavy atom. The Labute approximate surface area is 145 Å². The van der Waals surface area contributed by atoms with Crippen molar-refractivity contribution in [3.05, 3.63) is 24.3 Å². The first-order valence-electron chi connectivity index (χ1n) is 9.89. The second-order valence-electron chi connectivity index (χ2n) is 6.01. The number of ether oxygens (including phenoxy) is 2. The Balaban J connectivity index is 3.26. The monoisotopic (exact) mass is 324 g/mol. The standard InChI is InChI=1S/C21H40O2/c1-4-7-8-9-10-11-12-13-14-15-16-17-18-19-20-21(22-5-2)23-6-3/h7-10,21H,4-6,11-20H2,1-3H3. The van der Waals surface area contributed by atoms with Crippen molar-refractivity contribution in [1.29, 1.82) is 0 Å². The van der Waals surface area contributed by atoms with Gasteiger partial charge in [-0.3, -0.25) is 0 Å². The summed E-state index contributed by atoms with van der Waals surface area (Å²) in [4.78, 5) is 0. The van der Waals surface area contributed by atoms with Crippen molar-refractivity contribution < 1.29 is 9.47 Å². The fourth-order valence-corrected chi connectivity index (χ4v) is 2.61. The molecule has 0 saturated heterocycles. The second-order valence-corrected chi connectivity index (χ2v) is 6.01. The van der Waals surface area contributed by atoms with Crippen molar-refractivity contribution in [1.82, 2.24) is 0 Å². The van der Waals surface area contributed by atoms with E-state index in [1.807, 2.05) is 13.8 Å². The third-order valence-electron chi connectivity index (χ3n) is 3.88. The molecule has 0 rings (SSSR count). The zero-order chi connectivity index (χ0) is 17.0. The third kappa shape index (κ3) is 17.6. The number of hydrogen-bond acceptors (Lipinski definition) is 2. The summed E-state index contributed by atoms with van der Waals surface area (Å²) in [5.74, 6) is 0. The van der Waals surface area contributed by atoms with Gasteiger partial charge in [0.05, 0.1) is 0 Å². The molecule has 0 radical (unpaired) electrons. The largest absolute Gasteiger partial charge is 0.353 e. The van der Waals surface area contributed by atoms with E-state index in [2.05, 4.69) is 31.2 Å². The van der Waals surface area contributed by atoms with Gasteiger partial charge < -0.3 is 9.47 Å². The Morgan fingerprint density at radius 1 is 0.652 bits per heavy atom. The average Bonchev–Trinajstić information content (AvgIpc) is 2.55. The van der Waals surface area contributed by atoms with Crippen LogP contribution in [0.2, 0.25) is 0 Å². The molecule has 0 saturated carbocycles. The number of allylic oxidation sites excluding steroid dienone is 4. The van der Waals surface area contributed by atoms with Crippen molar-refractivity contribution in [2.75, 3.05) is 13.2 Å². The summed E-state index contributed by atoms with van der Waals surface area (Å²) in [5.41, 5.74) is 0. The molecule has 2 nitrogen and oxygen atoms in total. The topological polar surface area (TPSA) is 18.5 Å². The molecule has 0 heterocycles. The van der Waals surface area contributed by atoms with Crippen LogP contribution in [0.25, 0.3) is 0 Å². The minimum absolute atomic E-state index is 0.0187. The highest BCUT2D eigenvalue weighted by Gasteiger charge is 2.06. The SMILES string of the molecule is CCC=CC=CCCCCCCCCCCC(OCC)OCC. The van der Waals surface area contributed by atoms with Gasteiger partial charge in [0.15, 0.2) is 6.29 Å². The van der Waals surface area contributed by atoms with Crippen molar-refractivity contribution in [2.45, 2.75) is 97.7 Å². The van der Waals surface area contributed by atoms with E-state index >= 15 is 0 Å². The number of rotatable bonds is 17. The fourth-order valence-electron chi connectivity index (χ4n) is 2.61. The lowest BCUT2D eigenvalue weighted by Gasteiger charge is -2.16. The van der Waals surface area contributed by atoms with Gasteiger partial charge in [0.1, 0.15) is 0 Å². The molecule has 0 unspecified atom stereocenters. The zero-order valence-corrected chi connectivity index (χ0v) is 15.9. The van der Waals surface area contributed by atoms with Crippen LogP contribution >= 0.6 is 0 Å². The Kier molecular flexibility index (Phi) is 18.9. The maximum atomic E-state index is 5.56. The van der Waals surface area contributed by atoms with Crippen LogP contribution in [0.4, 0.5) is 0 Å². The lowest BCUT2D eigenvalue weighted by molar-refractivity contribution is -0.140. The molecule has 0 aliphatic carbocycles. The predicted molar refractivity (Wildman–Crippen MR) is 102 cm³/mol. The van der Waals surface area contributed by atoms with Crippen LogP contribution in [0.15, 0.2) is 24.3 Å². The minimum Gasteiger partial charge on any atom is -0.353 e. The lowest BCUT2D eigenvalue weighted by atomic mass is 10.1. The van der Waals surface area contributed by atoms with E-state index in [0.717, 1.165) is 26.1 Å². The van der Waals surface area contributed by atoms with Crippen LogP contribution in [0, 0.1) is 0 Å². The molecule has 23 heavy (non-hydrogen) atoms. The van der Waals surface area contributed by atoms with Gasteiger partial charge in [-0.25, -0.2) is 0 Å². The summed E-state index contributed by atoms with van der Waals surface area (Å²) in [5, 5.41) is 0. The van der Waals surface area contributed by atoms with Gasteiger partial charge in [0.2, 0.25) is 0 Å². The van der Waals surface area contributed by atoms with Crippen LogP contribution in [0.1, 0.15) is 91.4 Å². The zero-order valence-electron chi connectivity index (χ0n) is 15.9. The molecule has 0 spiro atoms. The molecular weight excluding hydrogens is 284 g/mol. The van der Waals surface area contributed by atoms with Gasteiger partial charge >= 0.3 is 0 Å². The van der Waals surface area contributed by atoms with Crippen LogP contribution < -0.4 is 0 Å². The van der Waals surface area contributed by atoms with Crippen molar-refractivity contribution in [3.63, 3.8) is 0 Å². The van der Waals surface area contributed by atoms with Gasteiger partial charge in [0, 0.05) is 13.2 Å². The predicted octanol–water partition coefficient (Wildman–Crippen LogP) is 6.81.